The summed E-state index contributed by atoms with van der Waals surface area (Å²) in [5, 5.41) is 2.86. The van der Waals surface area contributed by atoms with Crippen LogP contribution in [0.4, 0.5) is 10.1 Å². The van der Waals surface area contributed by atoms with Gasteiger partial charge in [0, 0.05) is 17.8 Å². The first-order valence-electron chi connectivity index (χ1n) is 9.07. The van der Waals surface area contributed by atoms with Gasteiger partial charge in [0.25, 0.3) is 15.9 Å². The van der Waals surface area contributed by atoms with E-state index in [1.807, 2.05) is 37.3 Å². The molecule has 150 valence electrons. The van der Waals surface area contributed by atoms with E-state index in [4.69, 9.17) is 0 Å². The van der Waals surface area contributed by atoms with Crippen molar-refractivity contribution >= 4 is 21.6 Å². The van der Waals surface area contributed by atoms with Gasteiger partial charge in [-0.25, -0.2) is 12.8 Å². The van der Waals surface area contributed by atoms with Gasteiger partial charge in [-0.3, -0.25) is 9.52 Å². The topological polar surface area (TPSA) is 75.3 Å². The Morgan fingerprint density at radius 3 is 2.17 bits per heavy atom. The van der Waals surface area contributed by atoms with Gasteiger partial charge >= 0.3 is 0 Å². The highest BCUT2D eigenvalue weighted by Gasteiger charge is 2.16. The van der Waals surface area contributed by atoms with Crippen molar-refractivity contribution in [2.45, 2.75) is 17.7 Å². The van der Waals surface area contributed by atoms with Crippen LogP contribution in [-0.2, 0) is 10.0 Å². The Bertz CT molecular complexity index is 1070. The summed E-state index contributed by atoms with van der Waals surface area (Å²) >= 11 is 0. The van der Waals surface area contributed by atoms with Crippen LogP contribution < -0.4 is 10.0 Å². The predicted molar refractivity (Wildman–Crippen MR) is 111 cm³/mol. The van der Waals surface area contributed by atoms with Gasteiger partial charge in [0.05, 0.1) is 4.90 Å². The minimum absolute atomic E-state index is 0.0102. The summed E-state index contributed by atoms with van der Waals surface area (Å²) in [5.74, 6) is -0.576. The van der Waals surface area contributed by atoms with E-state index in [0.717, 1.165) is 5.56 Å². The molecule has 3 aromatic rings. The van der Waals surface area contributed by atoms with Gasteiger partial charge in [-0.1, -0.05) is 37.3 Å². The Balaban J connectivity index is 1.62. The number of hydrogen-bond acceptors (Lipinski definition) is 3. The summed E-state index contributed by atoms with van der Waals surface area (Å²) in [6.45, 7) is 2.49. The molecule has 1 atom stereocenters. The first kappa shape index (κ1) is 20.5. The Labute approximate surface area is 169 Å². The Hall–Kier alpha value is -3.19. The maximum atomic E-state index is 13.0. The van der Waals surface area contributed by atoms with Crippen LogP contribution in [0.3, 0.4) is 0 Å². The standard InChI is InChI=1S/C22H21FN2O3S/c1-16(17-5-3-2-4-6-17)15-24-22(26)18-7-13-21(14-8-18)29(27,28)25-20-11-9-19(23)10-12-20/h2-14,16,25H,15H2,1H3,(H,24,26). The van der Waals surface area contributed by atoms with Crippen LogP contribution >= 0.6 is 0 Å². The normalized spacial score (nSPS) is 12.2. The number of halogens is 1. The molecule has 0 saturated heterocycles. The monoisotopic (exact) mass is 412 g/mol. The van der Waals surface area contributed by atoms with Gasteiger partial charge in [-0.05, 0) is 60.0 Å². The molecular formula is C22H21FN2O3S. The molecule has 7 heteroatoms. The average molecular weight is 412 g/mol. The summed E-state index contributed by atoms with van der Waals surface area (Å²) in [6.07, 6.45) is 0. The van der Waals surface area contributed by atoms with Crippen molar-refractivity contribution in [2.75, 3.05) is 11.3 Å². The maximum Gasteiger partial charge on any atom is 0.261 e. The number of rotatable bonds is 7. The molecule has 5 nitrogen and oxygen atoms in total. The molecule has 0 saturated carbocycles. The van der Waals surface area contributed by atoms with Crippen molar-refractivity contribution in [3.05, 3.63) is 95.8 Å². The van der Waals surface area contributed by atoms with E-state index in [0.29, 0.717) is 12.1 Å². The number of carbonyl (C=O) groups is 1. The first-order valence-corrected chi connectivity index (χ1v) is 10.5. The number of sulfonamides is 1. The lowest BCUT2D eigenvalue weighted by Gasteiger charge is -2.13. The second-order valence-corrected chi connectivity index (χ2v) is 8.34. The van der Waals surface area contributed by atoms with Gasteiger partial charge in [0.15, 0.2) is 0 Å². The zero-order valence-electron chi connectivity index (χ0n) is 15.8. The highest BCUT2D eigenvalue weighted by Crippen LogP contribution is 2.18. The Morgan fingerprint density at radius 2 is 1.55 bits per heavy atom. The van der Waals surface area contributed by atoms with E-state index >= 15 is 0 Å². The molecule has 1 unspecified atom stereocenters. The van der Waals surface area contributed by atoms with E-state index in [9.17, 15) is 17.6 Å². The van der Waals surface area contributed by atoms with Gasteiger partial charge in [0.1, 0.15) is 5.82 Å². The number of nitrogens with one attached hydrogen (secondary N) is 2. The van der Waals surface area contributed by atoms with Crippen LogP contribution in [0.15, 0.2) is 83.8 Å². The first-order chi connectivity index (χ1) is 13.8. The molecule has 0 radical (unpaired) electrons. The van der Waals surface area contributed by atoms with Crippen molar-refractivity contribution in [1.82, 2.24) is 5.32 Å². The van der Waals surface area contributed by atoms with E-state index in [1.54, 1.807) is 0 Å². The lowest BCUT2D eigenvalue weighted by molar-refractivity contribution is 0.0951. The maximum absolute atomic E-state index is 13.0. The lowest BCUT2D eigenvalue weighted by atomic mass is 10.0. The molecule has 1 amide bonds. The fourth-order valence-electron chi connectivity index (χ4n) is 2.76. The van der Waals surface area contributed by atoms with E-state index in [2.05, 4.69) is 10.0 Å². The molecule has 3 rings (SSSR count). The summed E-state index contributed by atoms with van der Waals surface area (Å²) in [4.78, 5) is 12.4. The molecule has 0 aliphatic carbocycles. The molecule has 0 bridgehead atoms. The zero-order chi connectivity index (χ0) is 20.9. The molecule has 3 aromatic carbocycles. The molecule has 0 aliphatic rings. The zero-order valence-corrected chi connectivity index (χ0v) is 16.6. The fourth-order valence-corrected chi connectivity index (χ4v) is 3.82. The van der Waals surface area contributed by atoms with Crippen molar-refractivity contribution in [3.8, 4) is 0 Å². The molecule has 0 aliphatic heterocycles. The number of amides is 1. The highest BCUT2D eigenvalue weighted by molar-refractivity contribution is 7.92. The number of benzene rings is 3. The summed E-state index contributed by atoms with van der Waals surface area (Å²) < 4.78 is 40.2. The van der Waals surface area contributed by atoms with Crippen molar-refractivity contribution in [2.24, 2.45) is 0 Å². The van der Waals surface area contributed by atoms with Crippen LogP contribution in [0.5, 0.6) is 0 Å². The van der Waals surface area contributed by atoms with E-state index in [-0.39, 0.29) is 22.4 Å². The van der Waals surface area contributed by atoms with E-state index < -0.39 is 15.8 Å². The van der Waals surface area contributed by atoms with Gasteiger partial charge in [0.2, 0.25) is 0 Å². The van der Waals surface area contributed by atoms with E-state index in [1.165, 1.54) is 48.5 Å². The molecule has 0 aromatic heterocycles. The van der Waals surface area contributed by atoms with Crippen LogP contribution in [0, 0.1) is 5.82 Å². The molecule has 0 heterocycles. The summed E-state index contributed by atoms with van der Waals surface area (Å²) in [7, 11) is -3.83. The number of hydrogen-bond donors (Lipinski definition) is 2. The van der Waals surface area contributed by atoms with Crippen molar-refractivity contribution < 1.29 is 17.6 Å². The average Bonchev–Trinajstić information content (AvgIpc) is 2.74. The largest absolute Gasteiger partial charge is 0.351 e. The van der Waals surface area contributed by atoms with Gasteiger partial charge in [-0.15, -0.1) is 0 Å². The summed E-state index contributed by atoms with van der Waals surface area (Å²) in [6, 6.07) is 20.5. The van der Waals surface area contributed by atoms with Crippen LogP contribution in [0.25, 0.3) is 0 Å². The van der Waals surface area contributed by atoms with Gasteiger partial charge < -0.3 is 5.32 Å². The molecule has 29 heavy (non-hydrogen) atoms. The van der Waals surface area contributed by atoms with Gasteiger partial charge in [-0.2, -0.15) is 0 Å². The quantitative estimate of drug-likeness (QED) is 0.612. The second-order valence-electron chi connectivity index (χ2n) is 6.66. The highest BCUT2D eigenvalue weighted by atomic mass is 32.2. The van der Waals surface area contributed by atoms with Crippen molar-refractivity contribution in [3.63, 3.8) is 0 Å². The third kappa shape index (κ3) is 5.42. The second kappa shape index (κ2) is 8.87. The fraction of sp³-hybridized carbons (Fsp3) is 0.136. The smallest absolute Gasteiger partial charge is 0.261 e. The Morgan fingerprint density at radius 1 is 0.931 bits per heavy atom. The van der Waals surface area contributed by atoms with Crippen molar-refractivity contribution in [1.29, 1.82) is 0 Å². The lowest BCUT2D eigenvalue weighted by Crippen LogP contribution is -2.27. The molecule has 2 N–H and O–H groups in total. The van der Waals surface area contributed by atoms with Crippen LogP contribution in [-0.4, -0.2) is 20.9 Å². The molecular weight excluding hydrogens is 391 g/mol. The van der Waals surface area contributed by atoms with Crippen LogP contribution in [0.1, 0.15) is 28.8 Å². The minimum Gasteiger partial charge on any atom is -0.351 e. The molecule has 0 spiro atoms. The third-order valence-corrected chi connectivity index (χ3v) is 5.86. The van der Waals surface area contributed by atoms with Crippen LogP contribution in [0.2, 0.25) is 0 Å². The predicted octanol–water partition coefficient (Wildman–Crippen LogP) is 4.16. The minimum atomic E-state index is -3.83. The number of anilines is 1. The third-order valence-electron chi connectivity index (χ3n) is 4.46. The SMILES string of the molecule is CC(CNC(=O)c1ccc(S(=O)(=O)Nc2ccc(F)cc2)cc1)c1ccccc1. The molecule has 0 fully saturated rings. The Kier molecular flexibility index (Phi) is 6.29. The number of carbonyl (C=O) groups excluding carboxylic acids is 1. The summed E-state index contributed by atoms with van der Waals surface area (Å²) in [5.41, 5.74) is 1.75.